The number of carboxylic acid groups (broad SMARTS) is 1. The van der Waals surface area contributed by atoms with Crippen molar-refractivity contribution in [2.24, 2.45) is 11.3 Å². The lowest BCUT2D eigenvalue weighted by molar-refractivity contribution is -0.133. The van der Waals surface area contributed by atoms with E-state index in [1.54, 1.807) is 0 Å². The molecule has 1 saturated carbocycles. The fourth-order valence-corrected chi connectivity index (χ4v) is 3.39. The SMILES string of the molecule is CC(C)(C)C1CCC(c2nc(SCC(=O)O)n[nH]2)CC1. The molecule has 0 amide bonds. The third kappa shape index (κ3) is 3.98. The zero-order chi connectivity index (χ0) is 14.8. The van der Waals surface area contributed by atoms with Crippen LogP contribution in [0.15, 0.2) is 5.16 Å². The largest absolute Gasteiger partial charge is 0.481 e. The highest BCUT2D eigenvalue weighted by Crippen LogP contribution is 2.42. The van der Waals surface area contributed by atoms with E-state index in [0.29, 0.717) is 16.5 Å². The maximum atomic E-state index is 10.5. The van der Waals surface area contributed by atoms with Gasteiger partial charge in [-0.2, -0.15) is 0 Å². The number of H-pyrrole nitrogens is 1. The Morgan fingerprint density at radius 2 is 2.00 bits per heavy atom. The van der Waals surface area contributed by atoms with Gasteiger partial charge in [-0.05, 0) is 37.0 Å². The normalized spacial score (nSPS) is 23.8. The lowest BCUT2D eigenvalue weighted by Gasteiger charge is -2.36. The maximum Gasteiger partial charge on any atom is 0.313 e. The van der Waals surface area contributed by atoms with Crippen LogP contribution in [0.3, 0.4) is 0 Å². The summed E-state index contributed by atoms with van der Waals surface area (Å²) < 4.78 is 0. The summed E-state index contributed by atoms with van der Waals surface area (Å²) in [6, 6.07) is 0. The number of nitrogens with one attached hydrogen (secondary N) is 1. The second kappa shape index (κ2) is 6.16. The Morgan fingerprint density at radius 3 is 2.55 bits per heavy atom. The summed E-state index contributed by atoms with van der Waals surface area (Å²) in [4.78, 5) is 15.0. The van der Waals surface area contributed by atoms with Gasteiger partial charge in [-0.15, -0.1) is 5.10 Å². The predicted octanol–water partition coefficient (Wildman–Crippen LogP) is 3.30. The molecular formula is C14H23N3O2S. The molecule has 1 aromatic rings. The number of aromatic nitrogens is 3. The van der Waals surface area contributed by atoms with Gasteiger partial charge in [0.25, 0.3) is 0 Å². The predicted molar refractivity (Wildman–Crippen MR) is 78.9 cm³/mol. The van der Waals surface area contributed by atoms with Crippen LogP contribution in [-0.4, -0.2) is 32.0 Å². The number of hydrogen-bond acceptors (Lipinski definition) is 4. The molecule has 0 radical (unpaired) electrons. The Hall–Kier alpha value is -1.04. The van der Waals surface area contributed by atoms with E-state index in [9.17, 15) is 4.79 Å². The average molecular weight is 297 g/mol. The molecule has 0 aromatic carbocycles. The molecule has 112 valence electrons. The highest BCUT2D eigenvalue weighted by Gasteiger charge is 2.31. The first-order valence-corrected chi connectivity index (χ1v) is 8.11. The number of aliphatic carboxylic acids is 1. The van der Waals surface area contributed by atoms with Gasteiger partial charge in [0, 0.05) is 5.92 Å². The van der Waals surface area contributed by atoms with Gasteiger partial charge >= 0.3 is 5.97 Å². The van der Waals surface area contributed by atoms with E-state index in [1.807, 2.05) is 0 Å². The molecule has 1 aromatic heterocycles. The number of carboxylic acids is 1. The minimum absolute atomic E-state index is 0.00799. The van der Waals surface area contributed by atoms with Crippen LogP contribution in [0.5, 0.6) is 0 Å². The molecule has 0 saturated heterocycles. The van der Waals surface area contributed by atoms with E-state index in [0.717, 1.165) is 24.6 Å². The zero-order valence-corrected chi connectivity index (χ0v) is 13.2. The van der Waals surface area contributed by atoms with E-state index in [2.05, 4.69) is 36.0 Å². The number of hydrogen-bond donors (Lipinski definition) is 2. The molecule has 0 unspecified atom stereocenters. The number of thioether (sulfide) groups is 1. The number of rotatable bonds is 4. The monoisotopic (exact) mass is 297 g/mol. The molecule has 1 fully saturated rings. The molecular weight excluding hydrogens is 274 g/mol. The first kappa shape index (κ1) is 15.4. The van der Waals surface area contributed by atoms with E-state index in [4.69, 9.17) is 5.11 Å². The van der Waals surface area contributed by atoms with Gasteiger partial charge in [0.2, 0.25) is 5.16 Å². The van der Waals surface area contributed by atoms with Crippen molar-refractivity contribution in [3.8, 4) is 0 Å². The molecule has 2 N–H and O–H groups in total. The van der Waals surface area contributed by atoms with Gasteiger partial charge in [0.1, 0.15) is 5.82 Å². The van der Waals surface area contributed by atoms with Crippen LogP contribution in [-0.2, 0) is 4.79 Å². The molecule has 6 heteroatoms. The van der Waals surface area contributed by atoms with Crippen molar-refractivity contribution in [1.82, 2.24) is 15.2 Å². The van der Waals surface area contributed by atoms with E-state index in [-0.39, 0.29) is 5.75 Å². The minimum Gasteiger partial charge on any atom is -0.481 e. The molecule has 0 atom stereocenters. The average Bonchev–Trinajstić information content (AvgIpc) is 2.84. The van der Waals surface area contributed by atoms with Crippen LogP contribution in [0.2, 0.25) is 0 Å². The Bertz CT molecular complexity index is 459. The van der Waals surface area contributed by atoms with Gasteiger partial charge < -0.3 is 5.11 Å². The lowest BCUT2D eigenvalue weighted by atomic mass is 9.70. The maximum absolute atomic E-state index is 10.5. The number of nitrogens with zero attached hydrogens (tertiary/aromatic N) is 2. The first-order valence-electron chi connectivity index (χ1n) is 7.13. The zero-order valence-electron chi connectivity index (χ0n) is 12.3. The van der Waals surface area contributed by atoms with Crippen molar-refractivity contribution < 1.29 is 9.90 Å². The molecule has 0 aliphatic heterocycles. The Kier molecular flexibility index (Phi) is 4.73. The van der Waals surface area contributed by atoms with Gasteiger partial charge in [0.05, 0.1) is 5.75 Å². The molecule has 5 nitrogen and oxygen atoms in total. The summed E-state index contributed by atoms with van der Waals surface area (Å²) in [6.07, 6.45) is 4.74. The van der Waals surface area contributed by atoms with Crippen molar-refractivity contribution in [3.63, 3.8) is 0 Å². The van der Waals surface area contributed by atoms with Crippen molar-refractivity contribution in [2.45, 2.75) is 57.5 Å². The fraction of sp³-hybridized carbons (Fsp3) is 0.786. The van der Waals surface area contributed by atoms with Crippen LogP contribution in [0, 0.1) is 11.3 Å². The highest BCUT2D eigenvalue weighted by molar-refractivity contribution is 7.99. The summed E-state index contributed by atoms with van der Waals surface area (Å²) in [5.74, 6) is 1.31. The molecule has 2 rings (SSSR count). The second-order valence-corrected chi connectivity index (χ2v) is 7.54. The quantitative estimate of drug-likeness (QED) is 0.834. The second-order valence-electron chi connectivity index (χ2n) is 6.60. The van der Waals surface area contributed by atoms with Gasteiger partial charge in [-0.3, -0.25) is 9.89 Å². The topological polar surface area (TPSA) is 78.9 Å². The minimum atomic E-state index is -0.841. The summed E-state index contributed by atoms with van der Waals surface area (Å²) in [6.45, 7) is 6.94. The Morgan fingerprint density at radius 1 is 1.35 bits per heavy atom. The van der Waals surface area contributed by atoms with E-state index in [1.165, 1.54) is 24.6 Å². The van der Waals surface area contributed by atoms with E-state index >= 15 is 0 Å². The standard InChI is InChI=1S/C14H23N3O2S/c1-14(2,3)10-6-4-9(5-7-10)12-15-13(17-16-12)20-8-11(18)19/h9-10H,4-8H2,1-3H3,(H,18,19)(H,15,16,17). The molecule has 20 heavy (non-hydrogen) atoms. The first-order chi connectivity index (χ1) is 9.36. The highest BCUT2D eigenvalue weighted by atomic mass is 32.2. The third-order valence-corrected chi connectivity index (χ3v) is 4.98. The molecule has 1 aliphatic rings. The Labute approximate surface area is 124 Å². The van der Waals surface area contributed by atoms with Crippen LogP contribution >= 0.6 is 11.8 Å². The third-order valence-electron chi connectivity index (χ3n) is 4.15. The molecule has 0 bridgehead atoms. The fourth-order valence-electron chi connectivity index (χ4n) is 2.86. The van der Waals surface area contributed by atoms with Crippen molar-refractivity contribution in [2.75, 3.05) is 5.75 Å². The van der Waals surface area contributed by atoms with Gasteiger partial charge in [-0.25, -0.2) is 4.98 Å². The summed E-state index contributed by atoms with van der Waals surface area (Å²) in [5.41, 5.74) is 0.384. The summed E-state index contributed by atoms with van der Waals surface area (Å²) in [5, 5.41) is 16.3. The Balaban J connectivity index is 1.89. The van der Waals surface area contributed by atoms with Crippen LogP contribution < -0.4 is 0 Å². The summed E-state index contributed by atoms with van der Waals surface area (Å²) in [7, 11) is 0. The van der Waals surface area contributed by atoms with Crippen molar-refractivity contribution >= 4 is 17.7 Å². The van der Waals surface area contributed by atoms with Crippen LogP contribution in [0.25, 0.3) is 0 Å². The lowest BCUT2D eigenvalue weighted by Crippen LogP contribution is -2.25. The smallest absolute Gasteiger partial charge is 0.313 e. The van der Waals surface area contributed by atoms with Crippen LogP contribution in [0.1, 0.15) is 58.2 Å². The van der Waals surface area contributed by atoms with Crippen molar-refractivity contribution in [3.05, 3.63) is 5.82 Å². The number of aromatic amines is 1. The van der Waals surface area contributed by atoms with Crippen molar-refractivity contribution in [1.29, 1.82) is 0 Å². The molecule has 1 heterocycles. The van der Waals surface area contributed by atoms with Gasteiger partial charge in [-0.1, -0.05) is 32.5 Å². The number of carbonyl (C=O) groups is 1. The summed E-state index contributed by atoms with van der Waals surface area (Å²) >= 11 is 1.17. The molecule has 0 spiro atoms. The van der Waals surface area contributed by atoms with E-state index < -0.39 is 5.97 Å². The van der Waals surface area contributed by atoms with Gasteiger partial charge in [0.15, 0.2) is 0 Å². The molecule has 1 aliphatic carbocycles. The van der Waals surface area contributed by atoms with Crippen LogP contribution in [0.4, 0.5) is 0 Å².